The number of Topliss-reactive ketones (excluding diaryl/α,β-unsaturated/α-hetero) is 1. The van der Waals surface area contributed by atoms with Crippen LogP contribution in [-0.4, -0.2) is 24.5 Å². The molecule has 0 spiro atoms. The molecule has 1 aliphatic heterocycles. The molecule has 3 nitrogen and oxygen atoms in total. The summed E-state index contributed by atoms with van der Waals surface area (Å²) in [6.45, 7) is 0.864. The maximum atomic E-state index is 11.9. The first-order chi connectivity index (χ1) is 6.62. The minimum atomic E-state index is -0.839. The molecule has 0 bridgehead atoms. The first kappa shape index (κ1) is 10.1. The maximum Gasteiger partial charge on any atom is 0.195 e. The van der Waals surface area contributed by atoms with E-state index in [1.165, 1.54) is 11.3 Å². The summed E-state index contributed by atoms with van der Waals surface area (Å²) >= 11 is 7.01. The van der Waals surface area contributed by atoms with Gasteiger partial charge in [0.2, 0.25) is 0 Å². The molecule has 0 amide bonds. The van der Waals surface area contributed by atoms with Gasteiger partial charge in [-0.1, -0.05) is 11.6 Å². The van der Waals surface area contributed by atoms with Gasteiger partial charge in [-0.25, -0.2) is 0 Å². The highest BCUT2D eigenvalue weighted by molar-refractivity contribution is 7.18. The molecule has 1 fully saturated rings. The highest BCUT2D eigenvalue weighted by Crippen LogP contribution is 2.27. The van der Waals surface area contributed by atoms with E-state index in [2.05, 4.69) is 0 Å². The number of thiophene rings is 1. The van der Waals surface area contributed by atoms with E-state index in [4.69, 9.17) is 22.1 Å². The van der Waals surface area contributed by atoms with E-state index in [9.17, 15) is 4.79 Å². The Hall–Kier alpha value is -0.420. The van der Waals surface area contributed by atoms with Crippen LogP contribution in [-0.2, 0) is 4.74 Å². The van der Waals surface area contributed by atoms with E-state index >= 15 is 0 Å². The second kappa shape index (κ2) is 3.62. The fourth-order valence-electron chi connectivity index (χ4n) is 1.44. The Morgan fingerprint density at radius 2 is 2.43 bits per heavy atom. The van der Waals surface area contributed by atoms with Crippen molar-refractivity contribution >= 4 is 28.7 Å². The molecule has 0 radical (unpaired) electrons. The van der Waals surface area contributed by atoms with Gasteiger partial charge in [-0.05, 0) is 18.6 Å². The molecule has 1 atom stereocenters. The van der Waals surface area contributed by atoms with Crippen LogP contribution >= 0.6 is 22.9 Å². The van der Waals surface area contributed by atoms with E-state index in [1.54, 1.807) is 12.1 Å². The van der Waals surface area contributed by atoms with Crippen LogP contribution in [0.1, 0.15) is 16.1 Å². The Bertz CT molecular complexity index is 357. The number of hydrogen-bond acceptors (Lipinski definition) is 4. The molecule has 5 heteroatoms. The Balaban J connectivity index is 2.23. The first-order valence-corrected chi connectivity index (χ1v) is 5.48. The molecule has 1 aromatic rings. The van der Waals surface area contributed by atoms with Crippen LogP contribution in [0.5, 0.6) is 0 Å². The second-order valence-electron chi connectivity index (χ2n) is 3.39. The van der Waals surface area contributed by atoms with Crippen molar-refractivity contribution in [3.8, 4) is 0 Å². The van der Waals surface area contributed by atoms with Gasteiger partial charge in [0, 0.05) is 6.61 Å². The highest BCUT2D eigenvalue weighted by atomic mass is 35.5. The van der Waals surface area contributed by atoms with Crippen LogP contribution in [0.15, 0.2) is 12.1 Å². The number of rotatable bonds is 2. The molecule has 0 aliphatic carbocycles. The summed E-state index contributed by atoms with van der Waals surface area (Å²) in [6.07, 6.45) is 0.585. The van der Waals surface area contributed by atoms with Crippen molar-refractivity contribution < 1.29 is 9.53 Å². The van der Waals surface area contributed by atoms with Crippen LogP contribution in [0.25, 0.3) is 0 Å². The lowest BCUT2D eigenvalue weighted by Crippen LogP contribution is -2.48. The summed E-state index contributed by atoms with van der Waals surface area (Å²) in [7, 11) is 0. The van der Waals surface area contributed by atoms with E-state index in [1.807, 2.05) is 0 Å². The number of hydrogen-bond donors (Lipinski definition) is 1. The lowest BCUT2D eigenvalue weighted by molar-refractivity contribution is 0.0867. The van der Waals surface area contributed by atoms with Crippen LogP contribution in [0.4, 0.5) is 0 Å². The highest BCUT2D eigenvalue weighted by Gasteiger charge is 2.39. The largest absolute Gasteiger partial charge is 0.379 e. The minimum absolute atomic E-state index is 0.0631. The van der Waals surface area contributed by atoms with Crippen molar-refractivity contribution in [2.24, 2.45) is 5.73 Å². The fraction of sp³-hybridized carbons (Fsp3) is 0.444. The third kappa shape index (κ3) is 1.70. The topological polar surface area (TPSA) is 52.3 Å². The SMILES string of the molecule is NC1(C(=O)c2ccc(Cl)s2)CCOC1. The molecule has 1 aromatic heterocycles. The molecule has 0 aromatic carbocycles. The molecule has 1 unspecified atom stereocenters. The average Bonchev–Trinajstić information content (AvgIpc) is 2.74. The van der Waals surface area contributed by atoms with Gasteiger partial charge in [0.1, 0.15) is 5.54 Å². The van der Waals surface area contributed by atoms with Gasteiger partial charge in [0.25, 0.3) is 0 Å². The number of ketones is 1. The van der Waals surface area contributed by atoms with Crippen molar-refractivity contribution in [3.63, 3.8) is 0 Å². The lowest BCUT2D eigenvalue weighted by Gasteiger charge is -2.18. The van der Waals surface area contributed by atoms with Gasteiger partial charge in [0.05, 0.1) is 15.8 Å². The van der Waals surface area contributed by atoms with Gasteiger partial charge in [-0.3, -0.25) is 4.79 Å². The molecule has 2 rings (SSSR count). The summed E-state index contributed by atoms with van der Waals surface area (Å²) in [4.78, 5) is 12.5. The lowest BCUT2D eigenvalue weighted by atomic mass is 9.93. The zero-order valence-electron chi connectivity index (χ0n) is 7.46. The summed E-state index contributed by atoms with van der Waals surface area (Å²) in [5, 5.41) is 0. The molecular weight excluding hydrogens is 222 g/mol. The number of nitrogens with two attached hydrogens (primary N) is 1. The standard InChI is InChI=1S/C9H10ClNO2S/c10-7-2-1-6(14-7)8(12)9(11)3-4-13-5-9/h1-2H,3-5,11H2. The third-order valence-electron chi connectivity index (χ3n) is 2.30. The number of halogens is 1. The predicted octanol–water partition coefficient (Wildman–Crippen LogP) is 1.70. The monoisotopic (exact) mass is 231 g/mol. The Morgan fingerprint density at radius 1 is 1.64 bits per heavy atom. The van der Waals surface area contributed by atoms with Crippen LogP contribution in [0.2, 0.25) is 4.34 Å². The van der Waals surface area contributed by atoms with Gasteiger partial charge in [-0.15, -0.1) is 11.3 Å². The fourth-order valence-corrected chi connectivity index (χ4v) is 2.53. The van der Waals surface area contributed by atoms with E-state index in [0.717, 1.165) is 0 Å². The molecule has 2 N–H and O–H groups in total. The van der Waals surface area contributed by atoms with Crippen molar-refractivity contribution in [3.05, 3.63) is 21.3 Å². The van der Waals surface area contributed by atoms with Crippen molar-refractivity contribution in [2.75, 3.05) is 13.2 Å². The van der Waals surface area contributed by atoms with Crippen molar-refractivity contribution in [1.82, 2.24) is 0 Å². The molecule has 14 heavy (non-hydrogen) atoms. The number of carbonyl (C=O) groups excluding carboxylic acids is 1. The van der Waals surface area contributed by atoms with Gasteiger partial charge >= 0.3 is 0 Å². The molecular formula is C9H10ClNO2S. The molecule has 1 aliphatic rings. The van der Waals surface area contributed by atoms with Crippen molar-refractivity contribution in [2.45, 2.75) is 12.0 Å². The average molecular weight is 232 g/mol. The zero-order chi connectivity index (χ0) is 10.2. The smallest absolute Gasteiger partial charge is 0.195 e. The molecule has 1 saturated heterocycles. The molecule has 2 heterocycles. The van der Waals surface area contributed by atoms with E-state index in [0.29, 0.717) is 28.8 Å². The van der Waals surface area contributed by atoms with Gasteiger partial charge in [0.15, 0.2) is 5.78 Å². The Labute approximate surface area is 90.8 Å². The maximum absolute atomic E-state index is 11.9. The van der Waals surface area contributed by atoms with E-state index < -0.39 is 5.54 Å². The summed E-state index contributed by atoms with van der Waals surface area (Å²) in [5.41, 5.74) is 5.09. The summed E-state index contributed by atoms with van der Waals surface area (Å²) in [5.74, 6) is -0.0631. The summed E-state index contributed by atoms with van der Waals surface area (Å²) < 4.78 is 5.74. The molecule has 76 valence electrons. The summed E-state index contributed by atoms with van der Waals surface area (Å²) in [6, 6.07) is 3.42. The van der Waals surface area contributed by atoms with E-state index in [-0.39, 0.29) is 5.78 Å². The van der Waals surface area contributed by atoms with Crippen LogP contribution < -0.4 is 5.73 Å². The number of carbonyl (C=O) groups is 1. The Morgan fingerprint density at radius 3 is 2.93 bits per heavy atom. The molecule has 0 saturated carbocycles. The predicted molar refractivity (Wildman–Crippen MR) is 56.0 cm³/mol. The quantitative estimate of drug-likeness (QED) is 0.789. The van der Waals surface area contributed by atoms with Crippen molar-refractivity contribution in [1.29, 1.82) is 0 Å². The van der Waals surface area contributed by atoms with Crippen LogP contribution in [0, 0.1) is 0 Å². The number of ether oxygens (including phenoxy) is 1. The third-order valence-corrected chi connectivity index (χ3v) is 3.53. The zero-order valence-corrected chi connectivity index (χ0v) is 9.03. The second-order valence-corrected chi connectivity index (χ2v) is 5.11. The van der Waals surface area contributed by atoms with Crippen LogP contribution in [0.3, 0.4) is 0 Å². The normalized spacial score (nSPS) is 26.7. The van der Waals surface area contributed by atoms with Gasteiger partial charge in [-0.2, -0.15) is 0 Å². The first-order valence-electron chi connectivity index (χ1n) is 4.29. The minimum Gasteiger partial charge on any atom is -0.379 e. The van der Waals surface area contributed by atoms with Gasteiger partial charge < -0.3 is 10.5 Å². The Kier molecular flexibility index (Phi) is 2.62.